The molecule has 5 heteroatoms. The molecule has 0 aliphatic rings. The van der Waals surface area contributed by atoms with Crippen molar-refractivity contribution in [1.29, 1.82) is 0 Å². The van der Waals surface area contributed by atoms with Crippen molar-refractivity contribution >= 4 is 21.8 Å². The molecule has 0 saturated heterocycles. The summed E-state index contributed by atoms with van der Waals surface area (Å²) in [6.45, 7) is -0.191. The maximum Gasteiger partial charge on any atom is 0.257 e. The third-order valence-electron chi connectivity index (χ3n) is 1.53. The Morgan fingerprint density at radius 2 is 2.36 bits per heavy atom. The van der Waals surface area contributed by atoms with Crippen molar-refractivity contribution < 1.29 is 13.9 Å². The van der Waals surface area contributed by atoms with Gasteiger partial charge in [0.2, 0.25) is 0 Å². The first kappa shape index (κ1) is 11.0. The number of benzene rings is 1. The minimum atomic E-state index is -0.489. The van der Waals surface area contributed by atoms with Gasteiger partial charge in [-0.3, -0.25) is 4.79 Å². The maximum absolute atomic E-state index is 13.0. The van der Waals surface area contributed by atoms with Gasteiger partial charge in [0, 0.05) is 11.5 Å². The number of hydrogen-bond acceptors (Lipinski definition) is 2. The molecule has 1 aromatic rings. The van der Waals surface area contributed by atoms with E-state index >= 15 is 0 Å². The average molecular weight is 262 g/mol. The monoisotopic (exact) mass is 261 g/mol. The minimum absolute atomic E-state index is 0.0583. The second-order valence-electron chi connectivity index (χ2n) is 2.54. The quantitative estimate of drug-likeness (QED) is 0.900. The lowest BCUT2D eigenvalue weighted by Crippen LogP contribution is -2.25. The van der Waals surface area contributed by atoms with Crippen LogP contribution >= 0.6 is 15.9 Å². The van der Waals surface area contributed by atoms with E-state index in [2.05, 4.69) is 21.2 Å². The Hall–Kier alpha value is -1.10. The fourth-order valence-electron chi connectivity index (χ4n) is 0.803. The SMILES string of the molecule is CNC(=O)COc1cc(Br)ccc1F. The Kier molecular flexibility index (Phi) is 3.88. The fraction of sp³-hybridized carbons (Fsp3) is 0.222. The van der Waals surface area contributed by atoms with Crippen molar-refractivity contribution in [2.75, 3.05) is 13.7 Å². The van der Waals surface area contributed by atoms with Crippen LogP contribution < -0.4 is 10.1 Å². The summed E-state index contributed by atoms with van der Waals surface area (Å²) >= 11 is 3.17. The average Bonchev–Trinajstić information content (AvgIpc) is 2.19. The van der Waals surface area contributed by atoms with Crippen molar-refractivity contribution in [2.24, 2.45) is 0 Å². The van der Waals surface area contributed by atoms with Gasteiger partial charge in [-0.05, 0) is 18.2 Å². The first-order valence-electron chi connectivity index (χ1n) is 3.92. The van der Waals surface area contributed by atoms with E-state index in [1.165, 1.54) is 19.2 Å². The van der Waals surface area contributed by atoms with E-state index in [1.54, 1.807) is 6.07 Å². The Bertz CT molecular complexity index is 344. The van der Waals surface area contributed by atoms with E-state index in [0.717, 1.165) is 0 Å². The molecule has 0 saturated carbocycles. The van der Waals surface area contributed by atoms with Crippen LogP contribution in [0.2, 0.25) is 0 Å². The van der Waals surface area contributed by atoms with E-state index in [9.17, 15) is 9.18 Å². The van der Waals surface area contributed by atoms with Gasteiger partial charge >= 0.3 is 0 Å². The summed E-state index contributed by atoms with van der Waals surface area (Å²) in [7, 11) is 1.49. The number of carbonyl (C=O) groups excluding carboxylic acids is 1. The van der Waals surface area contributed by atoms with Crippen molar-refractivity contribution in [2.45, 2.75) is 0 Å². The zero-order valence-electron chi connectivity index (χ0n) is 7.51. The van der Waals surface area contributed by atoms with Crippen LogP contribution in [0.15, 0.2) is 22.7 Å². The summed E-state index contributed by atoms with van der Waals surface area (Å²) in [5, 5.41) is 2.37. The molecule has 0 heterocycles. The van der Waals surface area contributed by atoms with Crippen LogP contribution in [0, 0.1) is 5.82 Å². The molecule has 1 rings (SSSR count). The van der Waals surface area contributed by atoms with E-state index in [-0.39, 0.29) is 18.3 Å². The van der Waals surface area contributed by atoms with Gasteiger partial charge in [0.15, 0.2) is 18.2 Å². The Balaban J connectivity index is 2.66. The summed E-state index contributed by atoms with van der Waals surface area (Å²) in [5.74, 6) is -0.732. The fourth-order valence-corrected chi connectivity index (χ4v) is 1.14. The first-order chi connectivity index (χ1) is 6.63. The van der Waals surface area contributed by atoms with Gasteiger partial charge in [-0.25, -0.2) is 4.39 Å². The molecule has 1 aromatic carbocycles. The van der Waals surface area contributed by atoms with Gasteiger partial charge in [-0.2, -0.15) is 0 Å². The number of nitrogens with one attached hydrogen (secondary N) is 1. The van der Waals surface area contributed by atoms with Crippen molar-refractivity contribution in [3.05, 3.63) is 28.5 Å². The number of halogens is 2. The number of hydrogen-bond donors (Lipinski definition) is 1. The van der Waals surface area contributed by atoms with Crippen LogP contribution in [0.4, 0.5) is 4.39 Å². The molecule has 76 valence electrons. The standard InChI is InChI=1S/C9H9BrFNO2/c1-12-9(13)5-14-8-4-6(10)2-3-7(8)11/h2-4H,5H2,1H3,(H,12,13). The number of amides is 1. The summed E-state index contributed by atoms with van der Waals surface area (Å²) in [6, 6.07) is 4.30. The third kappa shape index (κ3) is 2.99. The predicted octanol–water partition coefficient (Wildman–Crippen LogP) is 1.71. The second kappa shape index (κ2) is 4.95. The molecule has 0 bridgehead atoms. The summed E-state index contributed by atoms with van der Waals surface area (Å²) in [6.07, 6.45) is 0. The molecule has 0 aliphatic heterocycles. The van der Waals surface area contributed by atoms with Crippen molar-refractivity contribution in [3.63, 3.8) is 0 Å². The van der Waals surface area contributed by atoms with E-state index in [1.807, 2.05) is 0 Å². The second-order valence-corrected chi connectivity index (χ2v) is 3.45. The van der Waals surface area contributed by atoms with Crippen molar-refractivity contribution in [1.82, 2.24) is 5.32 Å². The van der Waals surface area contributed by atoms with Gasteiger partial charge in [-0.15, -0.1) is 0 Å². The van der Waals surface area contributed by atoms with Crippen LogP contribution in [0.5, 0.6) is 5.75 Å². The van der Waals surface area contributed by atoms with Crippen LogP contribution in [0.1, 0.15) is 0 Å². The summed E-state index contributed by atoms with van der Waals surface area (Å²) in [4.78, 5) is 10.8. The lowest BCUT2D eigenvalue weighted by molar-refractivity contribution is -0.122. The predicted molar refractivity (Wildman–Crippen MR) is 53.7 cm³/mol. The molecule has 0 unspecified atom stereocenters. The van der Waals surface area contributed by atoms with Crippen molar-refractivity contribution in [3.8, 4) is 5.75 Å². The largest absolute Gasteiger partial charge is 0.481 e. The molecule has 3 nitrogen and oxygen atoms in total. The highest BCUT2D eigenvalue weighted by atomic mass is 79.9. The minimum Gasteiger partial charge on any atom is -0.481 e. The van der Waals surface area contributed by atoms with Gasteiger partial charge in [0.05, 0.1) is 0 Å². The highest BCUT2D eigenvalue weighted by Gasteiger charge is 2.05. The van der Waals surface area contributed by atoms with Crippen LogP contribution in [0.25, 0.3) is 0 Å². The third-order valence-corrected chi connectivity index (χ3v) is 2.02. The zero-order chi connectivity index (χ0) is 10.6. The summed E-state index contributed by atoms with van der Waals surface area (Å²) < 4.78 is 18.7. The first-order valence-corrected chi connectivity index (χ1v) is 4.71. The smallest absolute Gasteiger partial charge is 0.257 e. The maximum atomic E-state index is 13.0. The number of ether oxygens (including phenoxy) is 1. The van der Waals surface area contributed by atoms with E-state index in [0.29, 0.717) is 4.47 Å². The van der Waals surface area contributed by atoms with Gasteiger partial charge < -0.3 is 10.1 Å². The Labute approximate surface area is 89.4 Å². The molecule has 1 N–H and O–H groups in total. The molecule has 1 amide bonds. The number of rotatable bonds is 3. The van der Waals surface area contributed by atoms with Gasteiger partial charge in [0.25, 0.3) is 5.91 Å². The normalized spacial score (nSPS) is 9.64. The highest BCUT2D eigenvalue weighted by molar-refractivity contribution is 9.10. The van der Waals surface area contributed by atoms with Crippen LogP contribution in [-0.4, -0.2) is 19.6 Å². The number of carbonyl (C=O) groups is 1. The highest BCUT2D eigenvalue weighted by Crippen LogP contribution is 2.21. The lowest BCUT2D eigenvalue weighted by Gasteiger charge is -2.06. The topological polar surface area (TPSA) is 38.3 Å². The Morgan fingerprint density at radius 1 is 1.64 bits per heavy atom. The Morgan fingerprint density at radius 3 is 3.00 bits per heavy atom. The lowest BCUT2D eigenvalue weighted by atomic mass is 10.3. The van der Waals surface area contributed by atoms with Gasteiger partial charge in [0.1, 0.15) is 0 Å². The molecule has 14 heavy (non-hydrogen) atoms. The summed E-state index contributed by atoms with van der Waals surface area (Å²) in [5.41, 5.74) is 0. The molecular weight excluding hydrogens is 253 g/mol. The van der Waals surface area contributed by atoms with E-state index in [4.69, 9.17) is 4.74 Å². The zero-order valence-corrected chi connectivity index (χ0v) is 9.10. The molecule has 0 aromatic heterocycles. The number of likely N-dealkylation sites (N-methyl/N-ethyl adjacent to an activating group) is 1. The molecule has 0 radical (unpaired) electrons. The van der Waals surface area contributed by atoms with Crippen LogP contribution in [-0.2, 0) is 4.79 Å². The molecule has 0 fully saturated rings. The molecule has 0 aliphatic carbocycles. The van der Waals surface area contributed by atoms with Gasteiger partial charge in [-0.1, -0.05) is 15.9 Å². The molecule has 0 atom stereocenters. The molecular formula is C9H9BrFNO2. The van der Waals surface area contributed by atoms with Crippen LogP contribution in [0.3, 0.4) is 0 Å². The van der Waals surface area contributed by atoms with E-state index < -0.39 is 5.82 Å². The molecule has 0 spiro atoms.